The normalized spacial score (nSPS) is 11.7. The molecule has 0 fully saturated rings. The number of aromatic nitrogens is 4. The van der Waals surface area contributed by atoms with E-state index in [2.05, 4.69) is 31.0 Å². The second-order valence-corrected chi connectivity index (χ2v) is 8.28. The van der Waals surface area contributed by atoms with E-state index in [9.17, 15) is 14.3 Å². The van der Waals surface area contributed by atoms with Gasteiger partial charge in [-0.05, 0) is 37.6 Å². The summed E-state index contributed by atoms with van der Waals surface area (Å²) in [5.41, 5.74) is 3.45. The molecule has 0 bridgehead atoms. The lowest BCUT2D eigenvalue weighted by atomic mass is 10.1. The average molecular weight is 496 g/mol. The number of benzene rings is 2. The van der Waals surface area contributed by atoms with Crippen molar-refractivity contribution in [2.45, 2.75) is 19.9 Å². The zero-order valence-electron chi connectivity index (χ0n) is 19.0. The first-order valence-electron chi connectivity index (χ1n) is 10.7. The number of nitrogens with one attached hydrogen (secondary N) is 3. The van der Waals surface area contributed by atoms with Crippen molar-refractivity contribution in [1.82, 2.24) is 25.1 Å². The van der Waals surface area contributed by atoms with Gasteiger partial charge in [-0.15, -0.1) is 0 Å². The monoisotopic (exact) mass is 495 g/mol. The molecule has 9 nitrogen and oxygen atoms in total. The molecular formula is C24H23ClFN7O2. The van der Waals surface area contributed by atoms with Gasteiger partial charge in [-0.25, -0.2) is 18.9 Å². The number of aryl methyl sites for hydroxylation is 2. The van der Waals surface area contributed by atoms with Crippen molar-refractivity contribution in [2.24, 2.45) is 0 Å². The van der Waals surface area contributed by atoms with E-state index in [1.807, 2.05) is 38.1 Å². The van der Waals surface area contributed by atoms with Crippen LogP contribution in [0.1, 0.15) is 22.7 Å². The highest BCUT2D eigenvalue weighted by atomic mass is 35.5. The second kappa shape index (κ2) is 10.5. The molecule has 180 valence electrons. The Hall–Kier alpha value is -4.02. The Bertz CT molecular complexity index is 1360. The van der Waals surface area contributed by atoms with E-state index < -0.39 is 17.9 Å². The maximum Gasteiger partial charge on any atom is 0.319 e. The van der Waals surface area contributed by atoms with Crippen molar-refractivity contribution < 1.29 is 14.3 Å². The predicted molar refractivity (Wildman–Crippen MR) is 132 cm³/mol. The first kappa shape index (κ1) is 24.1. The van der Waals surface area contributed by atoms with E-state index in [-0.39, 0.29) is 17.6 Å². The number of halogens is 2. The Kier molecular flexibility index (Phi) is 7.23. The fraction of sp³-hybridized carbons (Fsp3) is 0.167. The van der Waals surface area contributed by atoms with E-state index >= 15 is 0 Å². The summed E-state index contributed by atoms with van der Waals surface area (Å²) in [7, 11) is 0. The van der Waals surface area contributed by atoms with Gasteiger partial charge in [0.15, 0.2) is 5.82 Å². The third-order valence-corrected chi connectivity index (χ3v) is 5.43. The summed E-state index contributed by atoms with van der Waals surface area (Å²) >= 11 is 6.08. The standard InChI is InChI=1S/C24H23ClFN7O2/c1-14-4-3-5-16(8-14)21(13-34)31-24(35)29-18-11-28-33(12-18)22-15(2)10-27-23(32-22)30-20-7-6-17(26)9-19(20)25/h3-12,21,34H,13H2,1-2H3,(H,27,30,32)(H2,29,31,35). The molecule has 35 heavy (non-hydrogen) atoms. The molecule has 1 atom stereocenters. The second-order valence-electron chi connectivity index (χ2n) is 7.87. The van der Waals surface area contributed by atoms with Crippen LogP contribution < -0.4 is 16.0 Å². The molecule has 4 rings (SSSR count). The first-order valence-corrected chi connectivity index (χ1v) is 11.1. The van der Waals surface area contributed by atoms with Crippen LogP contribution in [0.3, 0.4) is 0 Å². The van der Waals surface area contributed by atoms with Crippen molar-refractivity contribution in [3.63, 3.8) is 0 Å². The molecule has 0 aliphatic heterocycles. The summed E-state index contributed by atoms with van der Waals surface area (Å²) in [6.07, 6.45) is 4.69. The number of carbonyl (C=O) groups excluding carboxylic acids is 1. The minimum absolute atomic E-state index is 0.194. The highest BCUT2D eigenvalue weighted by molar-refractivity contribution is 6.33. The fourth-order valence-electron chi connectivity index (χ4n) is 3.39. The van der Waals surface area contributed by atoms with Gasteiger partial charge in [-0.3, -0.25) is 0 Å². The minimum Gasteiger partial charge on any atom is -0.394 e. The summed E-state index contributed by atoms with van der Waals surface area (Å²) < 4.78 is 14.8. The van der Waals surface area contributed by atoms with Crippen molar-refractivity contribution in [1.29, 1.82) is 0 Å². The van der Waals surface area contributed by atoms with Crippen LogP contribution in [0.2, 0.25) is 5.02 Å². The van der Waals surface area contributed by atoms with Crippen molar-refractivity contribution >= 4 is 35.0 Å². The molecule has 0 saturated heterocycles. The van der Waals surface area contributed by atoms with Gasteiger partial charge in [0, 0.05) is 11.8 Å². The Morgan fingerprint density at radius 2 is 2.03 bits per heavy atom. The summed E-state index contributed by atoms with van der Waals surface area (Å²) in [5.74, 6) is 0.267. The van der Waals surface area contributed by atoms with Gasteiger partial charge >= 0.3 is 6.03 Å². The van der Waals surface area contributed by atoms with Gasteiger partial charge < -0.3 is 21.1 Å². The Morgan fingerprint density at radius 1 is 1.20 bits per heavy atom. The van der Waals surface area contributed by atoms with Crippen LogP contribution in [-0.4, -0.2) is 37.5 Å². The zero-order chi connectivity index (χ0) is 24.9. The molecular weight excluding hydrogens is 473 g/mol. The number of rotatable bonds is 7. The van der Waals surface area contributed by atoms with E-state index in [1.54, 1.807) is 12.4 Å². The lowest BCUT2D eigenvalue weighted by Crippen LogP contribution is -2.34. The van der Waals surface area contributed by atoms with Gasteiger partial charge in [0.25, 0.3) is 0 Å². The first-order chi connectivity index (χ1) is 16.8. The minimum atomic E-state index is -0.555. The molecule has 11 heteroatoms. The molecule has 0 radical (unpaired) electrons. The highest BCUT2D eigenvalue weighted by Gasteiger charge is 2.15. The number of hydrogen-bond acceptors (Lipinski definition) is 6. The Balaban J connectivity index is 1.47. The molecule has 0 saturated carbocycles. The van der Waals surface area contributed by atoms with E-state index in [0.29, 0.717) is 17.2 Å². The summed E-state index contributed by atoms with van der Waals surface area (Å²) in [6.45, 7) is 3.51. The Labute approximate surface area is 206 Å². The number of hydrogen-bond donors (Lipinski definition) is 4. The van der Waals surface area contributed by atoms with Gasteiger partial charge in [0.05, 0.1) is 41.4 Å². The van der Waals surface area contributed by atoms with Crippen LogP contribution >= 0.6 is 11.6 Å². The van der Waals surface area contributed by atoms with Crippen LogP contribution in [0, 0.1) is 19.7 Å². The van der Waals surface area contributed by atoms with Crippen LogP contribution in [0.4, 0.5) is 26.5 Å². The number of nitrogens with zero attached hydrogens (tertiary/aromatic N) is 4. The van der Waals surface area contributed by atoms with Gasteiger partial charge in [0.1, 0.15) is 5.82 Å². The van der Waals surface area contributed by atoms with Crippen LogP contribution in [0.15, 0.2) is 61.1 Å². The molecule has 2 heterocycles. The number of anilines is 3. The fourth-order valence-corrected chi connectivity index (χ4v) is 3.60. The summed E-state index contributed by atoms with van der Waals surface area (Å²) in [4.78, 5) is 21.2. The third kappa shape index (κ3) is 5.92. The predicted octanol–water partition coefficient (Wildman–Crippen LogP) is 4.67. The van der Waals surface area contributed by atoms with Gasteiger partial charge in [-0.1, -0.05) is 41.4 Å². The van der Waals surface area contributed by atoms with Gasteiger partial charge in [-0.2, -0.15) is 10.1 Å². The van der Waals surface area contributed by atoms with E-state index in [1.165, 1.54) is 29.1 Å². The number of aliphatic hydroxyl groups is 1. The number of aliphatic hydroxyl groups excluding tert-OH is 1. The topological polar surface area (TPSA) is 117 Å². The Morgan fingerprint density at radius 3 is 2.77 bits per heavy atom. The van der Waals surface area contributed by atoms with Crippen molar-refractivity contribution in [2.75, 3.05) is 17.2 Å². The quantitative estimate of drug-likeness (QED) is 0.296. The molecule has 0 aliphatic rings. The zero-order valence-corrected chi connectivity index (χ0v) is 19.7. The third-order valence-electron chi connectivity index (χ3n) is 5.11. The maximum atomic E-state index is 13.3. The number of carbonyl (C=O) groups is 1. The van der Waals surface area contributed by atoms with Crippen LogP contribution in [-0.2, 0) is 0 Å². The van der Waals surface area contributed by atoms with E-state index in [0.717, 1.165) is 16.7 Å². The lowest BCUT2D eigenvalue weighted by molar-refractivity contribution is 0.225. The molecule has 2 amide bonds. The van der Waals surface area contributed by atoms with Crippen LogP contribution in [0.5, 0.6) is 0 Å². The molecule has 2 aromatic carbocycles. The molecule has 0 aliphatic carbocycles. The number of amides is 2. The van der Waals surface area contributed by atoms with Crippen LogP contribution in [0.25, 0.3) is 5.82 Å². The average Bonchev–Trinajstić information content (AvgIpc) is 3.28. The summed E-state index contributed by atoms with van der Waals surface area (Å²) in [6, 6.07) is 10.5. The van der Waals surface area contributed by atoms with Crippen molar-refractivity contribution in [3.05, 3.63) is 88.6 Å². The van der Waals surface area contributed by atoms with Crippen molar-refractivity contribution in [3.8, 4) is 5.82 Å². The van der Waals surface area contributed by atoms with Gasteiger partial charge in [0.2, 0.25) is 5.95 Å². The molecule has 4 N–H and O–H groups in total. The number of urea groups is 1. The molecule has 4 aromatic rings. The molecule has 0 spiro atoms. The highest BCUT2D eigenvalue weighted by Crippen LogP contribution is 2.25. The largest absolute Gasteiger partial charge is 0.394 e. The smallest absolute Gasteiger partial charge is 0.319 e. The maximum absolute atomic E-state index is 13.3. The molecule has 2 aromatic heterocycles. The van der Waals surface area contributed by atoms with E-state index in [4.69, 9.17) is 11.6 Å². The lowest BCUT2D eigenvalue weighted by Gasteiger charge is -2.17. The SMILES string of the molecule is Cc1cccc(C(CO)NC(=O)Nc2cnn(-c3nc(Nc4ccc(F)cc4Cl)ncc3C)c2)c1. The summed E-state index contributed by atoms with van der Waals surface area (Å²) in [5, 5.41) is 22.6. The molecule has 1 unspecified atom stereocenters.